The molecule has 0 aliphatic heterocycles. The van der Waals surface area contributed by atoms with Gasteiger partial charge < -0.3 is 5.73 Å². The van der Waals surface area contributed by atoms with Gasteiger partial charge in [0.25, 0.3) is 0 Å². The lowest BCUT2D eigenvalue weighted by atomic mass is 9.81. The Morgan fingerprint density at radius 1 is 1.24 bits per heavy atom. The Labute approximate surface area is 113 Å². The molecule has 0 spiro atoms. The van der Waals surface area contributed by atoms with Gasteiger partial charge in [0.05, 0.1) is 5.02 Å². The van der Waals surface area contributed by atoms with Gasteiger partial charge in [-0.3, -0.25) is 0 Å². The van der Waals surface area contributed by atoms with Gasteiger partial charge in [-0.05, 0) is 36.5 Å². The molecular weight excluding hydrogens is 260 g/mol. The molecule has 2 N–H and O–H groups in total. The molecule has 1 nitrogen and oxygen atoms in total. The van der Waals surface area contributed by atoms with Crippen LogP contribution in [0.5, 0.6) is 0 Å². The Balaban J connectivity index is 0.00000144. The molecule has 17 heavy (non-hydrogen) atoms. The van der Waals surface area contributed by atoms with Crippen molar-refractivity contribution in [2.45, 2.75) is 38.1 Å². The average molecular weight is 278 g/mol. The van der Waals surface area contributed by atoms with Crippen LogP contribution in [0.25, 0.3) is 0 Å². The van der Waals surface area contributed by atoms with E-state index in [1.54, 1.807) is 6.07 Å². The smallest absolute Gasteiger partial charge is 0.142 e. The molecule has 0 radical (unpaired) electrons. The van der Waals surface area contributed by atoms with Crippen LogP contribution in [0, 0.1) is 11.7 Å². The fourth-order valence-corrected chi connectivity index (χ4v) is 2.60. The lowest BCUT2D eigenvalue weighted by Gasteiger charge is -2.27. The van der Waals surface area contributed by atoms with Crippen molar-refractivity contribution >= 4 is 24.0 Å². The highest BCUT2D eigenvalue weighted by Gasteiger charge is 2.22. The van der Waals surface area contributed by atoms with Crippen molar-refractivity contribution in [2.24, 2.45) is 11.7 Å². The van der Waals surface area contributed by atoms with Gasteiger partial charge in [0.1, 0.15) is 5.82 Å². The van der Waals surface area contributed by atoms with Gasteiger partial charge >= 0.3 is 0 Å². The first kappa shape index (κ1) is 14.7. The first-order valence-corrected chi connectivity index (χ1v) is 6.27. The molecular formula is C13H18Cl2FN. The minimum atomic E-state index is -0.370. The van der Waals surface area contributed by atoms with Crippen molar-refractivity contribution in [2.75, 3.05) is 0 Å². The van der Waals surface area contributed by atoms with Crippen molar-refractivity contribution < 1.29 is 4.39 Å². The second-order valence-corrected chi connectivity index (χ2v) is 5.00. The maximum atomic E-state index is 13.3. The summed E-state index contributed by atoms with van der Waals surface area (Å²) < 4.78 is 13.3. The Morgan fingerprint density at radius 3 is 2.47 bits per heavy atom. The van der Waals surface area contributed by atoms with Crippen LogP contribution in [-0.4, -0.2) is 0 Å². The number of hydrogen-bond donors (Lipinski definition) is 1. The fourth-order valence-electron chi connectivity index (χ4n) is 2.49. The molecule has 96 valence electrons. The molecule has 0 heterocycles. The zero-order chi connectivity index (χ0) is 11.5. The number of rotatable bonds is 2. The molecule has 4 heteroatoms. The van der Waals surface area contributed by atoms with Gasteiger partial charge in [-0.2, -0.15) is 0 Å². The monoisotopic (exact) mass is 277 g/mol. The number of benzene rings is 1. The molecule has 2 rings (SSSR count). The molecule has 0 unspecified atom stereocenters. The summed E-state index contributed by atoms with van der Waals surface area (Å²) in [6.07, 6.45) is 6.11. The van der Waals surface area contributed by atoms with Crippen molar-refractivity contribution in [3.05, 3.63) is 34.6 Å². The summed E-state index contributed by atoms with van der Waals surface area (Å²) in [5.74, 6) is 0.125. The van der Waals surface area contributed by atoms with E-state index in [9.17, 15) is 4.39 Å². The van der Waals surface area contributed by atoms with Crippen molar-refractivity contribution in [1.82, 2.24) is 0 Å². The van der Waals surface area contributed by atoms with E-state index in [-0.39, 0.29) is 29.3 Å². The fraction of sp³-hybridized carbons (Fsp3) is 0.538. The second-order valence-electron chi connectivity index (χ2n) is 4.60. The molecule has 0 aromatic heterocycles. The zero-order valence-corrected chi connectivity index (χ0v) is 11.2. The maximum absolute atomic E-state index is 13.3. The van der Waals surface area contributed by atoms with Gasteiger partial charge in [-0.15, -0.1) is 12.4 Å². The Bertz CT molecular complexity index is 364. The van der Waals surface area contributed by atoms with Gasteiger partial charge in [0.15, 0.2) is 0 Å². The largest absolute Gasteiger partial charge is 0.324 e. The van der Waals surface area contributed by atoms with Crippen LogP contribution in [0.15, 0.2) is 18.2 Å². The van der Waals surface area contributed by atoms with E-state index >= 15 is 0 Å². The summed E-state index contributed by atoms with van der Waals surface area (Å²) >= 11 is 5.66. The molecule has 1 saturated carbocycles. The molecule has 1 aliphatic rings. The lowest BCUT2D eigenvalue weighted by molar-refractivity contribution is 0.308. The molecule has 0 amide bonds. The highest BCUT2D eigenvalue weighted by Crippen LogP contribution is 2.33. The Hall–Kier alpha value is -0.310. The summed E-state index contributed by atoms with van der Waals surface area (Å²) in [6, 6.07) is 4.85. The van der Waals surface area contributed by atoms with E-state index in [4.69, 9.17) is 17.3 Å². The minimum Gasteiger partial charge on any atom is -0.324 e. The normalized spacial score (nSPS) is 18.5. The summed E-state index contributed by atoms with van der Waals surface area (Å²) in [5.41, 5.74) is 7.05. The summed E-state index contributed by atoms with van der Waals surface area (Å²) in [6.45, 7) is 0. The predicted molar refractivity (Wildman–Crippen MR) is 72.2 cm³/mol. The summed E-state index contributed by atoms with van der Waals surface area (Å²) in [4.78, 5) is 0. The Kier molecular flexibility index (Phi) is 5.71. The average Bonchev–Trinajstić information content (AvgIpc) is 2.33. The third-order valence-corrected chi connectivity index (χ3v) is 3.79. The highest BCUT2D eigenvalue weighted by atomic mass is 35.5. The molecule has 1 fully saturated rings. The molecule has 0 saturated heterocycles. The first-order valence-electron chi connectivity index (χ1n) is 5.89. The van der Waals surface area contributed by atoms with E-state index in [1.807, 2.05) is 6.07 Å². The van der Waals surface area contributed by atoms with Crippen LogP contribution >= 0.6 is 24.0 Å². The van der Waals surface area contributed by atoms with Crippen molar-refractivity contribution in [1.29, 1.82) is 0 Å². The van der Waals surface area contributed by atoms with Crippen LogP contribution in [-0.2, 0) is 0 Å². The van der Waals surface area contributed by atoms with Crippen LogP contribution in [0.3, 0.4) is 0 Å². The maximum Gasteiger partial charge on any atom is 0.142 e. The van der Waals surface area contributed by atoms with E-state index in [0.29, 0.717) is 5.92 Å². The third-order valence-electron chi connectivity index (χ3n) is 3.49. The van der Waals surface area contributed by atoms with Gasteiger partial charge in [-0.1, -0.05) is 36.9 Å². The van der Waals surface area contributed by atoms with E-state index in [0.717, 1.165) is 18.4 Å². The standard InChI is InChI=1S/C13H17ClFN.ClH/c14-11-7-6-10(8-12(11)15)13(16)9-4-2-1-3-5-9;/h6-9,13H,1-5,16H2;1H/t13-;/m0./s1. The summed E-state index contributed by atoms with van der Waals surface area (Å²) in [7, 11) is 0. The van der Waals surface area contributed by atoms with Crippen molar-refractivity contribution in [3.63, 3.8) is 0 Å². The van der Waals surface area contributed by atoms with Crippen LogP contribution in [0.2, 0.25) is 5.02 Å². The molecule has 1 aromatic carbocycles. The zero-order valence-electron chi connectivity index (χ0n) is 9.66. The van der Waals surface area contributed by atoms with E-state index < -0.39 is 0 Å². The van der Waals surface area contributed by atoms with Crippen LogP contribution < -0.4 is 5.73 Å². The molecule has 1 atom stereocenters. The highest BCUT2D eigenvalue weighted by molar-refractivity contribution is 6.30. The lowest BCUT2D eigenvalue weighted by Crippen LogP contribution is -2.23. The van der Waals surface area contributed by atoms with Crippen LogP contribution in [0.4, 0.5) is 4.39 Å². The second kappa shape index (κ2) is 6.58. The SMILES string of the molecule is Cl.N[C@H](c1ccc(Cl)c(F)c1)C1CCCCC1. The van der Waals surface area contributed by atoms with Gasteiger partial charge in [0, 0.05) is 6.04 Å². The molecule has 1 aliphatic carbocycles. The van der Waals surface area contributed by atoms with Gasteiger partial charge in [-0.25, -0.2) is 4.39 Å². The number of halogens is 3. The minimum absolute atomic E-state index is 0. The van der Waals surface area contributed by atoms with E-state index in [1.165, 1.54) is 25.3 Å². The molecule has 0 bridgehead atoms. The quantitative estimate of drug-likeness (QED) is 0.848. The molecule has 1 aromatic rings. The van der Waals surface area contributed by atoms with E-state index in [2.05, 4.69) is 0 Å². The number of hydrogen-bond acceptors (Lipinski definition) is 1. The summed E-state index contributed by atoms with van der Waals surface area (Å²) in [5, 5.41) is 0.166. The topological polar surface area (TPSA) is 26.0 Å². The van der Waals surface area contributed by atoms with Crippen molar-refractivity contribution in [3.8, 4) is 0 Å². The predicted octanol–water partition coefficient (Wildman–Crippen LogP) is 4.48. The first-order chi connectivity index (χ1) is 7.68. The third kappa shape index (κ3) is 3.57. The van der Waals surface area contributed by atoms with Crippen LogP contribution in [0.1, 0.15) is 43.7 Å². The Morgan fingerprint density at radius 2 is 1.88 bits per heavy atom. The van der Waals surface area contributed by atoms with Gasteiger partial charge in [0.2, 0.25) is 0 Å². The number of nitrogens with two attached hydrogens (primary N) is 1.